The van der Waals surface area contributed by atoms with Crippen LogP contribution in [0.3, 0.4) is 0 Å². The first-order valence-electron chi connectivity index (χ1n) is 8.76. The molecule has 0 spiro atoms. The minimum Gasteiger partial charge on any atom is -0.465 e. The summed E-state index contributed by atoms with van der Waals surface area (Å²) in [6, 6.07) is 7.03. The van der Waals surface area contributed by atoms with Crippen LogP contribution in [0, 0.1) is 0 Å². The number of carbonyl (C=O) groups is 2. The third-order valence-corrected chi connectivity index (χ3v) is 4.32. The van der Waals surface area contributed by atoms with Crippen LogP contribution in [-0.2, 0) is 14.3 Å². The molecule has 0 atom stereocenters. The molecule has 3 rings (SSSR count). The van der Waals surface area contributed by atoms with E-state index in [0.29, 0.717) is 44.1 Å². The maximum absolute atomic E-state index is 12.3. The second-order valence-corrected chi connectivity index (χ2v) is 6.30. The van der Waals surface area contributed by atoms with Crippen molar-refractivity contribution >= 4 is 24.0 Å². The molecule has 0 unspecified atom stereocenters. The summed E-state index contributed by atoms with van der Waals surface area (Å²) in [5.74, 6) is 0.705. The fourth-order valence-corrected chi connectivity index (χ4v) is 2.81. The number of rotatable bonds is 7. The summed E-state index contributed by atoms with van der Waals surface area (Å²) < 4.78 is 15.7. The van der Waals surface area contributed by atoms with E-state index >= 15 is 0 Å². The monoisotopic (exact) mass is 370 g/mol. The highest BCUT2D eigenvalue weighted by molar-refractivity contribution is 5.93. The number of nitrogens with one attached hydrogen (secondary N) is 2. The number of hydrogen-bond acceptors (Lipinski definition) is 5. The fourth-order valence-electron chi connectivity index (χ4n) is 2.81. The number of hydrogen-bond donors (Lipinski definition) is 2. The number of carbonyl (C=O) groups excluding carboxylic acids is 2. The lowest BCUT2D eigenvalue weighted by molar-refractivity contribution is -0.121. The van der Waals surface area contributed by atoms with Crippen molar-refractivity contribution in [1.29, 1.82) is 0 Å². The van der Waals surface area contributed by atoms with Gasteiger partial charge in [-0.3, -0.25) is 9.59 Å². The zero-order chi connectivity index (χ0) is 19.0. The van der Waals surface area contributed by atoms with Crippen LogP contribution in [0.4, 0.5) is 0 Å². The van der Waals surface area contributed by atoms with E-state index in [-0.39, 0.29) is 11.8 Å². The van der Waals surface area contributed by atoms with Gasteiger partial charge in [0, 0.05) is 31.9 Å². The molecule has 0 saturated carbocycles. The van der Waals surface area contributed by atoms with Gasteiger partial charge in [-0.2, -0.15) is 0 Å². The molecule has 2 N–H and O–H groups in total. The summed E-state index contributed by atoms with van der Waals surface area (Å²) in [5, 5.41) is 5.87. The molecule has 2 aromatic heterocycles. The molecule has 7 heteroatoms. The minimum absolute atomic E-state index is 0.242. The second kappa shape index (κ2) is 9.05. The zero-order valence-corrected chi connectivity index (χ0v) is 14.9. The zero-order valence-electron chi connectivity index (χ0n) is 14.9. The number of furan rings is 2. The maximum Gasteiger partial charge on any atom is 0.244 e. The fraction of sp³-hybridized carbons (Fsp3) is 0.300. The summed E-state index contributed by atoms with van der Waals surface area (Å²) in [6.07, 6.45) is 10.4. The van der Waals surface area contributed by atoms with Crippen molar-refractivity contribution in [2.24, 2.45) is 0 Å². The van der Waals surface area contributed by atoms with Crippen LogP contribution in [0.25, 0.3) is 12.2 Å². The lowest BCUT2D eigenvalue weighted by Gasteiger charge is -2.37. The Morgan fingerprint density at radius 1 is 0.963 bits per heavy atom. The van der Waals surface area contributed by atoms with E-state index in [4.69, 9.17) is 13.6 Å². The van der Waals surface area contributed by atoms with Crippen LogP contribution in [0.1, 0.15) is 24.4 Å². The van der Waals surface area contributed by atoms with E-state index < -0.39 is 5.54 Å². The van der Waals surface area contributed by atoms with Crippen LogP contribution < -0.4 is 10.6 Å². The molecule has 0 bridgehead atoms. The molecule has 1 fully saturated rings. The van der Waals surface area contributed by atoms with Crippen LogP contribution in [0.2, 0.25) is 0 Å². The van der Waals surface area contributed by atoms with Gasteiger partial charge in [0.25, 0.3) is 0 Å². The number of ether oxygens (including phenoxy) is 1. The summed E-state index contributed by atoms with van der Waals surface area (Å²) in [4.78, 5) is 24.4. The smallest absolute Gasteiger partial charge is 0.244 e. The molecule has 2 aromatic rings. The van der Waals surface area contributed by atoms with E-state index in [9.17, 15) is 9.59 Å². The predicted molar refractivity (Wildman–Crippen MR) is 99.4 cm³/mol. The summed E-state index contributed by atoms with van der Waals surface area (Å²) in [5.41, 5.74) is -0.545. The van der Waals surface area contributed by atoms with Crippen LogP contribution in [0.5, 0.6) is 0 Å². The Morgan fingerprint density at radius 3 is 2.11 bits per heavy atom. The third-order valence-electron chi connectivity index (χ3n) is 4.32. The van der Waals surface area contributed by atoms with E-state index in [2.05, 4.69) is 10.6 Å². The largest absolute Gasteiger partial charge is 0.465 e. The Hall–Kier alpha value is -3.06. The molecular weight excluding hydrogens is 348 g/mol. The first-order valence-corrected chi connectivity index (χ1v) is 8.76. The van der Waals surface area contributed by atoms with Gasteiger partial charge in [-0.05, 0) is 49.3 Å². The van der Waals surface area contributed by atoms with Crippen molar-refractivity contribution < 1.29 is 23.2 Å². The minimum atomic E-state index is -0.545. The van der Waals surface area contributed by atoms with Crippen molar-refractivity contribution in [2.75, 3.05) is 19.8 Å². The van der Waals surface area contributed by atoms with Crippen molar-refractivity contribution in [3.05, 3.63) is 60.5 Å². The van der Waals surface area contributed by atoms with Gasteiger partial charge in [0.2, 0.25) is 11.8 Å². The van der Waals surface area contributed by atoms with E-state index in [0.717, 1.165) is 0 Å². The molecule has 1 aliphatic rings. The van der Waals surface area contributed by atoms with Gasteiger partial charge in [0.1, 0.15) is 11.5 Å². The van der Waals surface area contributed by atoms with Crippen LogP contribution in [0.15, 0.2) is 57.8 Å². The molecule has 2 amide bonds. The van der Waals surface area contributed by atoms with Crippen molar-refractivity contribution in [2.45, 2.75) is 18.4 Å². The normalized spacial score (nSPS) is 16.6. The van der Waals surface area contributed by atoms with E-state index in [1.54, 1.807) is 48.9 Å². The Kier molecular flexibility index (Phi) is 6.27. The summed E-state index contributed by atoms with van der Waals surface area (Å²) in [7, 11) is 0. The molecule has 7 nitrogen and oxygen atoms in total. The number of amides is 2. The van der Waals surface area contributed by atoms with Gasteiger partial charge in [0.05, 0.1) is 18.1 Å². The van der Waals surface area contributed by atoms with E-state index in [1.165, 1.54) is 12.2 Å². The molecule has 1 aliphatic heterocycles. The molecule has 0 aromatic carbocycles. The predicted octanol–water partition coefficient (Wildman–Crippen LogP) is 2.38. The van der Waals surface area contributed by atoms with Crippen LogP contribution in [-0.4, -0.2) is 37.1 Å². The quantitative estimate of drug-likeness (QED) is 0.730. The van der Waals surface area contributed by atoms with Gasteiger partial charge >= 0.3 is 0 Å². The van der Waals surface area contributed by atoms with Crippen LogP contribution >= 0.6 is 0 Å². The molecule has 27 heavy (non-hydrogen) atoms. The van der Waals surface area contributed by atoms with Gasteiger partial charge in [-0.25, -0.2) is 0 Å². The average Bonchev–Trinajstić information content (AvgIpc) is 3.38. The Balaban J connectivity index is 1.57. The summed E-state index contributed by atoms with van der Waals surface area (Å²) in [6.45, 7) is 1.37. The highest BCUT2D eigenvalue weighted by Crippen LogP contribution is 2.20. The first-order chi connectivity index (χ1) is 13.2. The van der Waals surface area contributed by atoms with Crippen molar-refractivity contribution in [3.63, 3.8) is 0 Å². The molecule has 0 radical (unpaired) electrons. The lowest BCUT2D eigenvalue weighted by atomic mass is 9.89. The standard InChI is InChI=1S/C20H22N2O5/c23-18(7-5-16-3-1-11-26-16)21-15-20(9-13-25-14-10-20)22-19(24)8-6-17-4-2-12-27-17/h1-8,11-12H,9-10,13-15H2,(H,21,23)(H,22,24)/b7-5+,8-6+. The Labute approximate surface area is 157 Å². The molecule has 0 aliphatic carbocycles. The van der Waals surface area contributed by atoms with Crippen molar-refractivity contribution in [1.82, 2.24) is 10.6 Å². The third kappa shape index (κ3) is 5.72. The Morgan fingerprint density at radius 2 is 1.56 bits per heavy atom. The second-order valence-electron chi connectivity index (χ2n) is 6.30. The molecule has 1 saturated heterocycles. The van der Waals surface area contributed by atoms with Gasteiger partial charge in [-0.15, -0.1) is 0 Å². The topological polar surface area (TPSA) is 93.7 Å². The highest BCUT2D eigenvalue weighted by Gasteiger charge is 2.34. The first kappa shape index (κ1) is 18.7. The van der Waals surface area contributed by atoms with E-state index in [1.807, 2.05) is 0 Å². The molecule has 142 valence electrons. The highest BCUT2D eigenvalue weighted by atomic mass is 16.5. The Bertz CT molecular complexity index is 784. The van der Waals surface area contributed by atoms with Gasteiger partial charge in [-0.1, -0.05) is 0 Å². The lowest BCUT2D eigenvalue weighted by Crippen LogP contribution is -2.57. The molecule has 3 heterocycles. The van der Waals surface area contributed by atoms with Crippen molar-refractivity contribution in [3.8, 4) is 0 Å². The maximum atomic E-state index is 12.3. The van der Waals surface area contributed by atoms with Gasteiger partial charge in [0.15, 0.2) is 0 Å². The van der Waals surface area contributed by atoms with Gasteiger partial charge < -0.3 is 24.2 Å². The summed E-state index contributed by atoms with van der Waals surface area (Å²) >= 11 is 0. The molecular formula is C20H22N2O5. The average molecular weight is 370 g/mol. The SMILES string of the molecule is O=C(/C=C/c1ccco1)NCC1(NC(=O)/C=C/c2ccco2)CCOCC1.